The van der Waals surface area contributed by atoms with Crippen LogP contribution in [-0.4, -0.2) is 23.1 Å². The number of benzene rings is 1. The lowest BCUT2D eigenvalue weighted by Crippen LogP contribution is -2.52. The van der Waals surface area contributed by atoms with Gasteiger partial charge in [0.1, 0.15) is 0 Å². The molecular formula is C13H16N2O2S. The molecule has 1 aromatic carbocycles. The number of rotatable bonds is 3. The first-order valence-corrected chi connectivity index (χ1v) is 6.77. The SMILES string of the molecule is CCCNC(=O)C1(C)Sc2ccccc2NC1=O. The van der Waals surface area contributed by atoms with Gasteiger partial charge in [-0.05, 0) is 25.5 Å². The van der Waals surface area contributed by atoms with Crippen molar-refractivity contribution in [1.82, 2.24) is 5.32 Å². The molecule has 0 fully saturated rings. The van der Waals surface area contributed by atoms with Crippen LogP contribution in [0.1, 0.15) is 20.3 Å². The molecule has 4 nitrogen and oxygen atoms in total. The van der Waals surface area contributed by atoms with Gasteiger partial charge < -0.3 is 10.6 Å². The number of carbonyl (C=O) groups excluding carboxylic acids is 2. The molecule has 0 aromatic heterocycles. The van der Waals surface area contributed by atoms with Crippen molar-refractivity contribution < 1.29 is 9.59 Å². The van der Waals surface area contributed by atoms with E-state index in [1.807, 2.05) is 31.2 Å². The van der Waals surface area contributed by atoms with Crippen molar-refractivity contribution >= 4 is 29.3 Å². The van der Waals surface area contributed by atoms with Gasteiger partial charge in [-0.3, -0.25) is 9.59 Å². The van der Waals surface area contributed by atoms with Gasteiger partial charge >= 0.3 is 0 Å². The van der Waals surface area contributed by atoms with E-state index in [1.165, 1.54) is 11.8 Å². The number of anilines is 1. The van der Waals surface area contributed by atoms with Crippen molar-refractivity contribution in [2.24, 2.45) is 0 Å². The third kappa shape index (κ3) is 2.22. The Hall–Kier alpha value is -1.49. The average Bonchev–Trinajstić information content (AvgIpc) is 2.37. The van der Waals surface area contributed by atoms with Crippen molar-refractivity contribution in [3.63, 3.8) is 0 Å². The highest BCUT2D eigenvalue weighted by atomic mass is 32.2. The van der Waals surface area contributed by atoms with Crippen LogP contribution in [0.25, 0.3) is 0 Å². The molecule has 1 aliphatic heterocycles. The van der Waals surface area contributed by atoms with Gasteiger partial charge in [0.05, 0.1) is 5.69 Å². The molecule has 0 spiro atoms. The predicted octanol–water partition coefficient (Wildman–Crippen LogP) is 2.02. The van der Waals surface area contributed by atoms with Gasteiger partial charge in [0.2, 0.25) is 11.8 Å². The molecule has 1 aromatic rings. The first-order valence-electron chi connectivity index (χ1n) is 5.95. The van der Waals surface area contributed by atoms with Gasteiger partial charge in [-0.2, -0.15) is 0 Å². The zero-order valence-electron chi connectivity index (χ0n) is 10.4. The summed E-state index contributed by atoms with van der Waals surface area (Å²) >= 11 is 1.30. The molecule has 0 saturated carbocycles. The summed E-state index contributed by atoms with van der Waals surface area (Å²) in [6.45, 7) is 4.23. The fourth-order valence-electron chi connectivity index (χ4n) is 1.72. The monoisotopic (exact) mass is 264 g/mol. The molecule has 1 heterocycles. The first kappa shape index (κ1) is 13.0. The summed E-state index contributed by atoms with van der Waals surface area (Å²) in [6, 6.07) is 7.50. The van der Waals surface area contributed by atoms with Crippen molar-refractivity contribution in [2.45, 2.75) is 29.9 Å². The highest BCUT2D eigenvalue weighted by molar-refractivity contribution is 8.02. The van der Waals surface area contributed by atoms with E-state index in [1.54, 1.807) is 6.92 Å². The lowest BCUT2D eigenvalue weighted by atomic mass is 10.1. The molecule has 5 heteroatoms. The molecule has 96 valence electrons. The van der Waals surface area contributed by atoms with E-state index in [4.69, 9.17) is 0 Å². The van der Waals surface area contributed by atoms with Crippen LogP contribution in [0.2, 0.25) is 0 Å². The normalized spacial score (nSPS) is 22.0. The Morgan fingerprint density at radius 2 is 2.17 bits per heavy atom. The van der Waals surface area contributed by atoms with Crippen molar-refractivity contribution in [2.75, 3.05) is 11.9 Å². The molecule has 0 bridgehead atoms. The lowest BCUT2D eigenvalue weighted by molar-refractivity contribution is -0.129. The number of para-hydroxylation sites is 1. The number of hydrogen-bond acceptors (Lipinski definition) is 3. The number of thioether (sulfide) groups is 1. The Labute approximate surface area is 111 Å². The van der Waals surface area contributed by atoms with E-state index in [0.717, 1.165) is 17.0 Å². The van der Waals surface area contributed by atoms with Gasteiger partial charge in [-0.1, -0.05) is 30.8 Å². The van der Waals surface area contributed by atoms with E-state index in [0.29, 0.717) is 6.54 Å². The Balaban J connectivity index is 2.25. The fraction of sp³-hybridized carbons (Fsp3) is 0.385. The number of hydrogen-bond donors (Lipinski definition) is 2. The average molecular weight is 264 g/mol. The van der Waals surface area contributed by atoms with Crippen molar-refractivity contribution in [3.05, 3.63) is 24.3 Å². The highest BCUT2D eigenvalue weighted by Gasteiger charge is 2.45. The van der Waals surface area contributed by atoms with Crippen LogP contribution in [0.4, 0.5) is 5.69 Å². The van der Waals surface area contributed by atoms with Gasteiger partial charge in [0.25, 0.3) is 0 Å². The largest absolute Gasteiger partial charge is 0.354 e. The minimum Gasteiger partial charge on any atom is -0.354 e. The Bertz CT molecular complexity index is 490. The first-order chi connectivity index (χ1) is 8.58. The van der Waals surface area contributed by atoms with E-state index in [2.05, 4.69) is 10.6 Å². The number of fused-ring (bicyclic) bond motifs is 1. The second-order valence-corrected chi connectivity index (χ2v) is 5.80. The number of carbonyl (C=O) groups is 2. The van der Waals surface area contributed by atoms with Crippen LogP contribution in [-0.2, 0) is 9.59 Å². The van der Waals surface area contributed by atoms with E-state index < -0.39 is 4.75 Å². The van der Waals surface area contributed by atoms with Gasteiger partial charge in [-0.15, -0.1) is 0 Å². The Morgan fingerprint density at radius 1 is 1.44 bits per heavy atom. The van der Waals surface area contributed by atoms with Crippen LogP contribution >= 0.6 is 11.8 Å². The molecule has 0 radical (unpaired) electrons. The molecule has 1 atom stereocenters. The molecule has 0 saturated heterocycles. The van der Waals surface area contributed by atoms with Crippen LogP contribution in [0.3, 0.4) is 0 Å². The summed E-state index contributed by atoms with van der Waals surface area (Å²) in [7, 11) is 0. The van der Waals surface area contributed by atoms with E-state index >= 15 is 0 Å². The molecule has 0 aliphatic carbocycles. The molecule has 2 N–H and O–H groups in total. The summed E-state index contributed by atoms with van der Waals surface area (Å²) in [6.07, 6.45) is 0.852. The van der Waals surface area contributed by atoms with Crippen LogP contribution in [0.5, 0.6) is 0 Å². The summed E-state index contributed by atoms with van der Waals surface area (Å²) in [5.74, 6) is -0.499. The maximum Gasteiger partial charge on any atom is 0.250 e. The summed E-state index contributed by atoms with van der Waals surface area (Å²) < 4.78 is -1.09. The smallest absolute Gasteiger partial charge is 0.250 e. The lowest BCUT2D eigenvalue weighted by Gasteiger charge is -2.31. The van der Waals surface area contributed by atoms with Crippen LogP contribution < -0.4 is 10.6 Å². The van der Waals surface area contributed by atoms with Gasteiger partial charge in [0.15, 0.2) is 4.75 Å². The maximum absolute atomic E-state index is 12.1. The fourth-order valence-corrected chi connectivity index (χ4v) is 2.85. The molecule has 2 rings (SSSR count). The van der Waals surface area contributed by atoms with E-state index in [9.17, 15) is 9.59 Å². The van der Waals surface area contributed by atoms with Gasteiger partial charge in [0, 0.05) is 11.4 Å². The number of amides is 2. The molecule has 1 unspecified atom stereocenters. The second-order valence-electron chi connectivity index (χ2n) is 4.34. The Morgan fingerprint density at radius 3 is 2.89 bits per heavy atom. The van der Waals surface area contributed by atoms with Crippen LogP contribution in [0, 0.1) is 0 Å². The van der Waals surface area contributed by atoms with Crippen molar-refractivity contribution in [3.8, 4) is 0 Å². The predicted molar refractivity (Wildman–Crippen MR) is 72.6 cm³/mol. The van der Waals surface area contributed by atoms with E-state index in [-0.39, 0.29) is 11.8 Å². The third-order valence-electron chi connectivity index (χ3n) is 2.85. The molecule has 18 heavy (non-hydrogen) atoms. The third-order valence-corrected chi connectivity index (χ3v) is 4.21. The van der Waals surface area contributed by atoms with Crippen LogP contribution in [0.15, 0.2) is 29.2 Å². The zero-order chi connectivity index (χ0) is 13.2. The molecule has 1 aliphatic rings. The molecular weight excluding hydrogens is 248 g/mol. The summed E-state index contributed by atoms with van der Waals surface area (Å²) in [5, 5.41) is 5.57. The van der Waals surface area contributed by atoms with Gasteiger partial charge in [-0.25, -0.2) is 0 Å². The minimum absolute atomic E-state index is 0.235. The Kier molecular flexibility index (Phi) is 3.61. The van der Waals surface area contributed by atoms with Crippen molar-refractivity contribution in [1.29, 1.82) is 0 Å². The maximum atomic E-state index is 12.1. The summed E-state index contributed by atoms with van der Waals surface area (Å²) in [5.41, 5.74) is 0.772. The summed E-state index contributed by atoms with van der Waals surface area (Å²) in [4.78, 5) is 25.1. The highest BCUT2D eigenvalue weighted by Crippen LogP contribution is 2.42. The zero-order valence-corrected chi connectivity index (χ0v) is 11.3. The topological polar surface area (TPSA) is 58.2 Å². The second kappa shape index (κ2) is 5.02. The minimum atomic E-state index is -1.09. The number of nitrogens with one attached hydrogen (secondary N) is 2. The quantitative estimate of drug-likeness (QED) is 0.821. The molecule has 2 amide bonds. The standard InChI is InChI=1S/C13H16N2O2S/c1-3-8-14-11(16)13(2)12(17)15-9-6-4-5-7-10(9)18-13/h4-7H,3,8H2,1-2H3,(H,14,16)(H,15,17).